The maximum absolute atomic E-state index is 11.8. The molecule has 0 spiro atoms. The van der Waals surface area contributed by atoms with Gasteiger partial charge < -0.3 is 5.32 Å². The molecule has 1 aliphatic rings. The summed E-state index contributed by atoms with van der Waals surface area (Å²) in [6.45, 7) is -0.112. The van der Waals surface area contributed by atoms with Crippen LogP contribution in [0.1, 0.15) is 6.42 Å². The van der Waals surface area contributed by atoms with Gasteiger partial charge in [0.2, 0.25) is 5.91 Å². The van der Waals surface area contributed by atoms with Gasteiger partial charge in [0, 0.05) is 12.3 Å². The Labute approximate surface area is 101 Å². The van der Waals surface area contributed by atoms with Crippen LogP contribution in [-0.2, 0) is 14.6 Å². The number of nitrogens with one attached hydrogen (secondary N) is 1. The van der Waals surface area contributed by atoms with Gasteiger partial charge >= 0.3 is 5.51 Å². The summed E-state index contributed by atoms with van der Waals surface area (Å²) in [4.78, 5) is 11.4. The molecule has 0 aliphatic carbocycles. The van der Waals surface area contributed by atoms with E-state index in [2.05, 4.69) is 5.32 Å². The zero-order valence-corrected chi connectivity index (χ0v) is 10.4. The Morgan fingerprint density at radius 3 is 2.53 bits per heavy atom. The SMILES string of the molecule is O=C(NCCSC(F)(F)F)C1CCS(=O)(=O)C1. The summed E-state index contributed by atoms with van der Waals surface area (Å²) in [7, 11) is -3.14. The maximum Gasteiger partial charge on any atom is 0.441 e. The van der Waals surface area contributed by atoms with Crippen molar-refractivity contribution >= 4 is 27.5 Å². The average Bonchev–Trinajstić information content (AvgIpc) is 2.52. The molecular formula is C8H12F3NO3S2. The molecule has 0 aromatic rings. The van der Waals surface area contributed by atoms with Gasteiger partial charge in [-0.25, -0.2) is 8.42 Å². The molecule has 1 rings (SSSR count). The zero-order chi connectivity index (χ0) is 13.1. The van der Waals surface area contributed by atoms with Gasteiger partial charge in [0.15, 0.2) is 9.84 Å². The van der Waals surface area contributed by atoms with Gasteiger partial charge in [-0.05, 0) is 18.2 Å². The quantitative estimate of drug-likeness (QED) is 0.778. The third-order valence-electron chi connectivity index (χ3n) is 2.27. The fourth-order valence-electron chi connectivity index (χ4n) is 1.49. The van der Waals surface area contributed by atoms with E-state index in [9.17, 15) is 26.4 Å². The van der Waals surface area contributed by atoms with E-state index in [1.54, 1.807) is 0 Å². The molecule has 1 saturated heterocycles. The fourth-order valence-corrected chi connectivity index (χ4v) is 3.66. The Hall–Kier alpha value is -0.440. The lowest BCUT2D eigenvalue weighted by atomic mass is 10.1. The van der Waals surface area contributed by atoms with E-state index in [4.69, 9.17) is 0 Å². The molecule has 100 valence electrons. The lowest BCUT2D eigenvalue weighted by molar-refractivity contribution is -0.124. The molecule has 1 unspecified atom stereocenters. The highest BCUT2D eigenvalue weighted by molar-refractivity contribution is 8.00. The van der Waals surface area contributed by atoms with Crippen molar-refractivity contribution in [2.75, 3.05) is 23.8 Å². The molecule has 0 aromatic carbocycles. The Morgan fingerprint density at radius 2 is 2.06 bits per heavy atom. The predicted octanol–water partition coefficient (Wildman–Crippen LogP) is 0.790. The molecule has 1 aliphatic heterocycles. The van der Waals surface area contributed by atoms with Crippen LogP contribution in [0.4, 0.5) is 13.2 Å². The Balaban J connectivity index is 2.23. The predicted molar refractivity (Wildman–Crippen MR) is 58.3 cm³/mol. The third kappa shape index (κ3) is 5.62. The number of alkyl halides is 3. The van der Waals surface area contributed by atoms with Crippen LogP contribution in [0.3, 0.4) is 0 Å². The summed E-state index contributed by atoms with van der Waals surface area (Å²) in [5.41, 5.74) is -4.30. The topological polar surface area (TPSA) is 63.2 Å². The Bertz CT molecular complexity index is 380. The van der Waals surface area contributed by atoms with Crippen LogP contribution in [0.5, 0.6) is 0 Å². The molecule has 4 nitrogen and oxygen atoms in total. The van der Waals surface area contributed by atoms with Crippen LogP contribution in [0, 0.1) is 5.92 Å². The monoisotopic (exact) mass is 291 g/mol. The second kappa shape index (κ2) is 5.47. The first-order chi connectivity index (χ1) is 7.70. The zero-order valence-electron chi connectivity index (χ0n) is 8.79. The Kier molecular flexibility index (Phi) is 4.70. The van der Waals surface area contributed by atoms with Gasteiger partial charge in [-0.15, -0.1) is 0 Å². The number of sulfone groups is 1. The highest BCUT2D eigenvalue weighted by atomic mass is 32.2. The van der Waals surface area contributed by atoms with E-state index in [0.29, 0.717) is 0 Å². The molecule has 1 N–H and O–H groups in total. The highest BCUT2D eigenvalue weighted by Gasteiger charge is 2.33. The minimum Gasteiger partial charge on any atom is -0.355 e. The van der Waals surface area contributed by atoms with Gasteiger partial charge in [-0.2, -0.15) is 13.2 Å². The van der Waals surface area contributed by atoms with Crippen molar-refractivity contribution in [1.29, 1.82) is 0 Å². The lowest BCUT2D eigenvalue weighted by Crippen LogP contribution is -2.33. The maximum atomic E-state index is 11.8. The number of amides is 1. The summed E-state index contributed by atoms with van der Waals surface area (Å²) >= 11 is -0.215. The molecule has 1 amide bonds. The van der Waals surface area contributed by atoms with Crippen LogP contribution in [0.2, 0.25) is 0 Å². The molecule has 0 radical (unpaired) electrons. The summed E-state index contributed by atoms with van der Waals surface area (Å²) in [6.07, 6.45) is 0.251. The second-order valence-corrected chi connectivity index (χ2v) is 7.07. The van der Waals surface area contributed by atoms with Gasteiger partial charge in [0.05, 0.1) is 17.4 Å². The molecule has 1 heterocycles. The van der Waals surface area contributed by atoms with Gasteiger partial charge in [0.1, 0.15) is 0 Å². The molecule has 0 bridgehead atoms. The molecule has 9 heteroatoms. The summed E-state index contributed by atoms with van der Waals surface area (Å²) in [6, 6.07) is 0. The molecule has 1 fully saturated rings. The number of hydrogen-bond donors (Lipinski definition) is 1. The van der Waals surface area contributed by atoms with Crippen molar-refractivity contribution in [3.8, 4) is 0 Å². The van der Waals surface area contributed by atoms with E-state index in [-0.39, 0.29) is 42.0 Å². The summed E-state index contributed by atoms with van der Waals surface area (Å²) in [5, 5.41) is 2.31. The van der Waals surface area contributed by atoms with Gasteiger partial charge in [0.25, 0.3) is 0 Å². The van der Waals surface area contributed by atoms with Crippen molar-refractivity contribution in [1.82, 2.24) is 5.32 Å². The number of thioether (sulfide) groups is 1. The standard InChI is InChI=1S/C8H12F3NO3S2/c9-8(10,11)16-3-2-12-7(13)6-1-4-17(14,15)5-6/h6H,1-5H2,(H,12,13). The highest BCUT2D eigenvalue weighted by Crippen LogP contribution is 2.29. The first kappa shape index (κ1) is 14.6. The van der Waals surface area contributed by atoms with Crippen molar-refractivity contribution in [3.05, 3.63) is 0 Å². The van der Waals surface area contributed by atoms with Crippen LogP contribution in [0.15, 0.2) is 0 Å². The van der Waals surface area contributed by atoms with Crippen molar-refractivity contribution < 1.29 is 26.4 Å². The molecule has 0 saturated carbocycles. The summed E-state index contributed by atoms with van der Waals surface area (Å²) < 4.78 is 57.4. The van der Waals surface area contributed by atoms with Gasteiger partial charge in [-0.1, -0.05) is 0 Å². The van der Waals surface area contributed by atoms with E-state index in [0.717, 1.165) is 0 Å². The van der Waals surface area contributed by atoms with E-state index in [1.807, 2.05) is 0 Å². The Morgan fingerprint density at radius 1 is 1.41 bits per heavy atom. The molecule has 1 atom stereocenters. The minimum absolute atomic E-state index is 0.0254. The van der Waals surface area contributed by atoms with Crippen LogP contribution < -0.4 is 5.32 Å². The number of rotatable bonds is 4. The first-order valence-electron chi connectivity index (χ1n) is 4.88. The van der Waals surface area contributed by atoms with Crippen LogP contribution in [-0.4, -0.2) is 43.6 Å². The smallest absolute Gasteiger partial charge is 0.355 e. The summed E-state index contributed by atoms with van der Waals surface area (Å²) in [5.74, 6) is -1.59. The molecule has 17 heavy (non-hydrogen) atoms. The van der Waals surface area contributed by atoms with Gasteiger partial charge in [-0.3, -0.25) is 4.79 Å². The van der Waals surface area contributed by atoms with Crippen molar-refractivity contribution in [2.24, 2.45) is 5.92 Å². The number of carbonyl (C=O) groups is 1. The normalized spacial score (nSPS) is 23.6. The first-order valence-corrected chi connectivity index (χ1v) is 7.69. The van der Waals surface area contributed by atoms with Crippen molar-refractivity contribution in [2.45, 2.75) is 11.9 Å². The minimum atomic E-state index is -4.30. The van der Waals surface area contributed by atoms with E-state index >= 15 is 0 Å². The van der Waals surface area contributed by atoms with Crippen molar-refractivity contribution in [3.63, 3.8) is 0 Å². The molecule has 0 aromatic heterocycles. The van der Waals surface area contributed by atoms with E-state index < -0.39 is 27.2 Å². The lowest BCUT2D eigenvalue weighted by Gasteiger charge is -2.09. The fraction of sp³-hybridized carbons (Fsp3) is 0.875. The van der Waals surface area contributed by atoms with E-state index in [1.165, 1.54) is 0 Å². The number of halogens is 3. The second-order valence-electron chi connectivity index (χ2n) is 3.69. The number of carbonyl (C=O) groups excluding carboxylic acids is 1. The average molecular weight is 291 g/mol. The third-order valence-corrected chi connectivity index (χ3v) is 4.77. The van der Waals surface area contributed by atoms with Crippen LogP contribution in [0.25, 0.3) is 0 Å². The number of hydrogen-bond acceptors (Lipinski definition) is 4. The van der Waals surface area contributed by atoms with Crippen LogP contribution >= 0.6 is 11.8 Å². The molecular weight excluding hydrogens is 279 g/mol. The largest absolute Gasteiger partial charge is 0.441 e.